The Hall–Kier alpha value is -13.6. The van der Waals surface area contributed by atoms with E-state index in [0.717, 1.165) is 16.7 Å². The lowest BCUT2D eigenvalue weighted by Gasteiger charge is -2.29. The molecule has 0 aromatic heterocycles. The van der Waals surface area contributed by atoms with Crippen LogP contribution in [0.15, 0.2) is 115 Å². The summed E-state index contributed by atoms with van der Waals surface area (Å²) in [6, 6.07) is 28.2. The molecule has 3 unspecified atom stereocenters. The first-order valence-corrected chi connectivity index (χ1v) is 40.1. The number of anilines is 3. The zero-order valence-electron chi connectivity index (χ0n) is 70.0. The minimum Gasteiger partial charge on any atom is -0.480 e. The number of hydrogen-bond acceptors (Lipinski definition) is 24. The second kappa shape index (κ2) is 44.8. The number of aliphatic carboxylic acids is 1. The van der Waals surface area contributed by atoms with Gasteiger partial charge in [0.05, 0.1) is 0 Å². The van der Waals surface area contributed by atoms with Crippen LogP contribution in [0.1, 0.15) is 206 Å². The summed E-state index contributed by atoms with van der Waals surface area (Å²) in [5, 5.41) is 34.2. The second-order valence-corrected chi connectivity index (χ2v) is 32.3. The number of rotatable bonds is 26. The highest BCUT2D eigenvalue weighted by molar-refractivity contribution is 6.10. The fourth-order valence-electron chi connectivity index (χ4n) is 13.5. The van der Waals surface area contributed by atoms with Gasteiger partial charge < -0.3 is 92.2 Å². The third-order valence-electron chi connectivity index (χ3n) is 19.3. The molecule has 3 saturated heterocycles. The number of carboxylic acids is 1. The number of carboxylic acid groups (broad SMARTS) is 1. The molecule has 3 fully saturated rings. The van der Waals surface area contributed by atoms with Crippen LogP contribution in [0.4, 0.5) is 41.0 Å². The number of carbonyl (C=O) groups excluding carboxylic acids is 16. The number of hydrogen-bond donors (Lipinski definition) is 13. The SMILES string of the molecule is C.CC(C)(C)OC(=O)N[C@H](CCCN)C(=O)Nc1cccc2c1CN(C1CCC(=O)NC1=O)C2=O.CC(C)(C)OC(=O)N[C@H](CCCNC(=O)OCc1ccccc1)C(=O)Nc1cccc2c1CN(C1CCC(=O)NC1=O)C2=O.CC(C)(C)OC(=O)N[C@H](CCCNC(=O)OCc1ccccc1)C(=O)O.Nc1cccc2c1CN(C1CCC(=O)NC1=O)C2=O. The molecule has 6 heterocycles. The van der Waals surface area contributed by atoms with Crippen LogP contribution in [-0.2, 0) is 99.7 Å². The highest BCUT2D eigenvalue weighted by Gasteiger charge is 2.44. The van der Waals surface area contributed by atoms with Crippen molar-refractivity contribution in [2.24, 2.45) is 5.73 Å². The largest absolute Gasteiger partial charge is 0.480 e. The molecule has 0 bridgehead atoms. The third-order valence-corrected chi connectivity index (χ3v) is 19.3. The van der Waals surface area contributed by atoms with Crippen LogP contribution >= 0.6 is 0 Å². The van der Waals surface area contributed by atoms with Gasteiger partial charge in [0.15, 0.2) is 0 Å². The van der Waals surface area contributed by atoms with Crippen LogP contribution in [0.2, 0.25) is 0 Å². The monoisotopic (exact) mass is 1720 g/mol. The number of amides is 16. The van der Waals surface area contributed by atoms with Gasteiger partial charge in [-0.25, -0.2) is 28.8 Å². The van der Waals surface area contributed by atoms with Crippen molar-refractivity contribution in [1.82, 2.24) is 57.2 Å². The molecule has 0 saturated carbocycles. The maximum Gasteiger partial charge on any atom is 0.408 e. The van der Waals surface area contributed by atoms with Crippen molar-refractivity contribution in [3.05, 3.63) is 160 Å². The first-order valence-electron chi connectivity index (χ1n) is 40.1. The smallest absolute Gasteiger partial charge is 0.408 e. The van der Waals surface area contributed by atoms with E-state index < -0.39 is 119 Å². The highest BCUT2D eigenvalue weighted by Crippen LogP contribution is 2.36. The van der Waals surface area contributed by atoms with Crippen molar-refractivity contribution in [3.8, 4) is 0 Å². The molecule has 38 nitrogen and oxygen atoms in total. The van der Waals surface area contributed by atoms with Crippen molar-refractivity contribution in [2.75, 3.05) is 36.0 Å². The minimum atomic E-state index is -1.16. The lowest BCUT2D eigenvalue weighted by Crippen LogP contribution is -2.52. The standard InChI is InChI=1S/C31H37N5O8.C23H31N5O6.C18H26N2O6.C13H13N3O3.CH4/c1-31(2,3)44-30(42)34-23(13-8-16-32-29(41)43-18-19-9-5-4-6-10-19)26(38)33-22-12-7-11-20-21(22)17-36(28(20)40)24-14-15-25(37)35-27(24)39;1-23(2,3)34-22(33)26-16(8-5-11-24)19(30)25-15-7-4-6-13-14(15)12-28(21(13)32)17-9-10-18(29)27-20(17)31;1-18(2,3)26-17(24)20-14(15(21)22)10-7-11-19-16(23)25-12-13-8-5-4-6-9-13;14-9-3-1-2-7-8(9)6-16(13(7)19)10-4-5-11(17)15-12(10)18;/h4-7,9-12,23-24H,8,13-18H2,1-3H3,(H,32,41)(H,33,38)(H,34,42)(H,35,37,39);4,6-7,16-17H,5,8-12,24H2,1-3H3,(H,25,30)(H,26,33)(H,27,29,31);4-6,8-9,14H,7,10-12H2,1-3H3,(H,19,23)(H,20,24)(H,21,22);1-3,10H,4-6,14H2,(H,15,17,18);1H4/t23-,24?;16-,17?;14-;;/m111../s1. The molecule has 124 heavy (non-hydrogen) atoms. The Bertz CT molecular complexity index is 4760. The van der Waals surface area contributed by atoms with Gasteiger partial charge in [0.25, 0.3) is 17.7 Å². The second-order valence-electron chi connectivity index (χ2n) is 32.3. The average Bonchev–Trinajstić information content (AvgIpc) is 1.65. The van der Waals surface area contributed by atoms with Crippen molar-refractivity contribution < 1.29 is 110 Å². The molecule has 15 N–H and O–H groups in total. The van der Waals surface area contributed by atoms with Crippen molar-refractivity contribution >= 4 is 118 Å². The minimum absolute atomic E-state index is 0. The Morgan fingerprint density at radius 2 is 0.758 bits per heavy atom. The zero-order valence-corrected chi connectivity index (χ0v) is 70.0. The Labute approximate surface area is 717 Å². The number of nitrogens with zero attached hydrogens (tertiary/aromatic N) is 3. The average molecular weight is 1720 g/mol. The molecule has 16 amide bonds. The van der Waals surface area contributed by atoms with E-state index in [4.69, 9.17) is 40.3 Å². The topological polar surface area (TPSA) is 539 Å². The van der Waals surface area contributed by atoms with Gasteiger partial charge in [-0.2, -0.15) is 0 Å². The van der Waals surface area contributed by atoms with Gasteiger partial charge >= 0.3 is 36.4 Å². The Balaban J connectivity index is 0.000000236. The predicted molar refractivity (Wildman–Crippen MR) is 449 cm³/mol. The van der Waals surface area contributed by atoms with E-state index in [-0.39, 0.29) is 127 Å². The maximum absolute atomic E-state index is 13.5. The molecular formula is C86H111N15O23. The van der Waals surface area contributed by atoms with Crippen LogP contribution in [0.3, 0.4) is 0 Å². The molecule has 6 aliphatic rings. The fourth-order valence-corrected chi connectivity index (χ4v) is 13.5. The number of nitrogens with two attached hydrogens (primary N) is 2. The van der Waals surface area contributed by atoms with Gasteiger partial charge in [-0.3, -0.25) is 68.7 Å². The van der Waals surface area contributed by atoms with Crippen molar-refractivity contribution in [2.45, 2.75) is 233 Å². The number of nitrogens with one attached hydrogen (secondary N) is 10. The van der Waals surface area contributed by atoms with E-state index >= 15 is 0 Å². The maximum atomic E-state index is 13.5. The van der Waals surface area contributed by atoms with Crippen LogP contribution in [0, 0.1) is 0 Å². The van der Waals surface area contributed by atoms with Gasteiger partial charge in [-0.1, -0.05) is 86.3 Å². The summed E-state index contributed by atoms with van der Waals surface area (Å²) in [7, 11) is 0. The summed E-state index contributed by atoms with van der Waals surface area (Å²) in [5.74, 6) is -5.59. The fraction of sp³-hybridized carbons (Fsp3) is 0.453. The van der Waals surface area contributed by atoms with Crippen LogP contribution < -0.4 is 64.6 Å². The molecular weight excluding hydrogens is 1610 g/mol. The molecule has 11 rings (SSSR count). The van der Waals surface area contributed by atoms with Gasteiger partial charge in [0, 0.05) is 102 Å². The van der Waals surface area contributed by atoms with Crippen LogP contribution in [0.25, 0.3) is 0 Å². The quantitative estimate of drug-likeness (QED) is 0.0111. The summed E-state index contributed by atoms with van der Waals surface area (Å²) >= 11 is 0. The molecule has 668 valence electrons. The third kappa shape index (κ3) is 29.4. The Morgan fingerprint density at radius 3 is 1.09 bits per heavy atom. The van der Waals surface area contributed by atoms with E-state index in [0.29, 0.717) is 90.1 Å². The van der Waals surface area contributed by atoms with Gasteiger partial charge in [0.2, 0.25) is 47.3 Å². The molecule has 5 aromatic carbocycles. The molecule has 0 aliphatic carbocycles. The van der Waals surface area contributed by atoms with Crippen LogP contribution in [0.5, 0.6) is 0 Å². The summed E-state index contributed by atoms with van der Waals surface area (Å²) in [5.41, 5.74) is 15.4. The first-order chi connectivity index (χ1) is 58.1. The van der Waals surface area contributed by atoms with Crippen LogP contribution in [-0.4, -0.2) is 194 Å². The number of alkyl carbamates (subject to hydrolysis) is 5. The lowest BCUT2D eigenvalue weighted by molar-refractivity contribution is -0.140. The van der Waals surface area contributed by atoms with Gasteiger partial charge in [-0.05, 0) is 174 Å². The summed E-state index contributed by atoms with van der Waals surface area (Å²) in [6.07, 6.45) is -0.360. The summed E-state index contributed by atoms with van der Waals surface area (Å²) < 4.78 is 25.9. The Morgan fingerprint density at radius 1 is 0.435 bits per heavy atom. The van der Waals surface area contributed by atoms with E-state index in [1.165, 1.54) is 14.7 Å². The van der Waals surface area contributed by atoms with E-state index in [1.807, 2.05) is 60.7 Å². The van der Waals surface area contributed by atoms with E-state index in [1.54, 1.807) is 117 Å². The molecule has 0 radical (unpaired) electrons. The first kappa shape index (κ1) is 97.6. The van der Waals surface area contributed by atoms with Gasteiger partial charge in [-0.15, -0.1) is 0 Å². The normalized spacial score (nSPS) is 17.1. The number of ether oxygens (including phenoxy) is 5. The van der Waals surface area contributed by atoms with E-state index in [2.05, 4.69) is 53.2 Å². The number of imide groups is 3. The number of benzene rings is 5. The van der Waals surface area contributed by atoms with Crippen molar-refractivity contribution in [3.63, 3.8) is 0 Å². The Kier molecular flexibility index (Phi) is 35.3. The molecule has 0 spiro atoms. The molecule has 5 aromatic rings. The number of nitrogen functional groups attached to an aromatic ring is 1. The zero-order chi connectivity index (χ0) is 90.0. The van der Waals surface area contributed by atoms with Gasteiger partial charge in [0.1, 0.15) is 66.3 Å². The number of carbonyl (C=O) groups is 17. The molecule has 6 aliphatic heterocycles. The summed E-state index contributed by atoms with van der Waals surface area (Å²) in [6.45, 7) is 16.9. The van der Waals surface area contributed by atoms with E-state index in [9.17, 15) is 81.5 Å². The highest BCUT2D eigenvalue weighted by atomic mass is 16.6. The predicted octanol–water partition coefficient (Wildman–Crippen LogP) is 7.34. The summed E-state index contributed by atoms with van der Waals surface area (Å²) in [4.78, 5) is 211. The molecule has 38 heteroatoms. The number of fused-ring (bicyclic) bond motifs is 3. The number of piperidine rings is 3. The van der Waals surface area contributed by atoms with Crippen molar-refractivity contribution in [1.29, 1.82) is 0 Å². The molecule has 6 atom stereocenters. The lowest BCUT2D eigenvalue weighted by atomic mass is 10.0.